The zero-order valence-electron chi connectivity index (χ0n) is 13.8. The van der Waals surface area contributed by atoms with Crippen molar-refractivity contribution in [3.63, 3.8) is 0 Å². The highest BCUT2D eigenvalue weighted by atomic mass is 127. The van der Waals surface area contributed by atoms with Crippen molar-refractivity contribution in [1.82, 2.24) is 9.71 Å². The molecule has 2 N–H and O–H groups in total. The predicted molar refractivity (Wildman–Crippen MR) is 98.6 cm³/mol. The Morgan fingerprint density at radius 1 is 1.26 bits per heavy atom. The largest absolute Gasteiger partial charge is 0.480 e. The minimum absolute atomic E-state index is 0.158. The number of benzene rings is 1. The van der Waals surface area contributed by atoms with Gasteiger partial charge >= 0.3 is 12.1 Å². The van der Waals surface area contributed by atoms with E-state index in [0.29, 0.717) is 17.7 Å². The third kappa shape index (κ3) is 5.87. The van der Waals surface area contributed by atoms with Gasteiger partial charge in [0.25, 0.3) is 10.0 Å². The van der Waals surface area contributed by atoms with E-state index in [0.717, 1.165) is 3.57 Å². The molecular formula is C16H14F3IN2O4S. The van der Waals surface area contributed by atoms with Crippen molar-refractivity contribution in [3.8, 4) is 0 Å². The summed E-state index contributed by atoms with van der Waals surface area (Å²) in [5.41, 5.74) is -0.784. The highest BCUT2D eigenvalue weighted by molar-refractivity contribution is 14.1. The zero-order valence-corrected chi connectivity index (χ0v) is 16.8. The minimum Gasteiger partial charge on any atom is -0.480 e. The highest BCUT2D eigenvalue weighted by Crippen LogP contribution is 2.30. The van der Waals surface area contributed by atoms with E-state index >= 15 is 0 Å². The molecule has 1 aromatic heterocycles. The third-order valence-electron chi connectivity index (χ3n) is 3.48. The summed E-state index contributed by atoms with van der Waals surface area (Å²) in [6.07, 6.45) is -4.94. The first kappa shape index (κ1) is 21.6. The van der Waals surface area contributed by atoms with Crippen molar-refractivity contribution in [3.05, 3.63) is 56.8 Å². The number of hydrogen-bond donors (Lipinski definition) is 2. The molecule has 1 aromatic carbocycles. The molecule has 0 amide bonds. The number of pyridine rings is 1. The van der Waals surface area contributed by atoms with Crippen molar-refractivity contribution >= 4 is 38.6 Å². The van der Waals surface area contributed by atoms with Crippen LogP contribution in [0.25, 0.3) is 0 Å². The molecule has 1 unspecified atom stereocenters. The number of carboxylic acids is 1. The summed E-state index contributed by atoms with van der Waals surface area (Å²) in [7, 11) is -4.58. The Hall–Kier alpha value is -1.73. The molecule has 0 spiro atoms. The number of aromatic nitrogens is 1. The van der Waals surface area contributed by atoms with Crippen molar-refractivity contribution in [2.75, 3.05) is 0 Å². The van der Waals surface area contributed by atoms with Crippen LogP contribution < -0.4 is 4.72 Å². The lowest BCUT2D eigenvalue weighted by Crippen LogP contribution is -2.42. The Kier molecular flexibility index (Phi) is 6.47. The lowest BCUT2D eigenvalue weighted by atomic mass is 10.1. The summed E-state index contributed by atoms with van der Waals surface area (Å²) in [5, 5.41) is 8.42. The summed E-state index contributed by atoms with van der Waals surface area (Å²) in [6, 6.07) is 6.24. The Morgan fingerprint density at radius 3 is 2.37 bits per heavy atom. The van der Waals surface area contributed by atoms with Crippen molar-refractivity contribution in [2.24, 2.45) is 0 Å². The Bertz CT molecular complexity index is 947. The number of carbonyl (C=O) groups is 1. The van der Waals surface area contributed by atoms with E-state index in [4.69, 9.17) is 0 Å². The lowest BCUT2D eigenvalue weighted by molar-refractivity contribution is -0.139. The number of rotatable bonds is 6. The monoisotopic (exact) mass is 514 g/mol. The Balaban J connectivity index is 2.33. The molecule has 0 fully saturated rings. The van der Waals surface area contributed by atoms with Gasteiger partial charge in [-0.1, -0.05) is 12.1 Å². The first-order valence-electron chi connectivity index (χ1n) is 7.44. The molecule has 0 saturated carbocycles. The van der Waals surface area contributed by atoms with Crippen LogP contribution >= 0.6 is 22.6 Å². The van der Waals surface area contributed by atoms with Crippen molar-refractivity contribution in [2.45, 2.75) is 30.6 Å². The molecule has 0 aliphatic rings. The second-order valence-electron chi connectivity index (χ2n) is 5.68. The smallest absolute Gasteiger partial charge is 0.416 e. The maximum atomic E-state index is 12.9. The quantitative estimate of drug-likeness (QED) is 0.579. The SMILES string of the molecule is Cc1cc(C(F)(F)F)cc(S(=O)(=O)NC(Cc2ccc(I)cc2)C(=O)O)n1. The van der Waals surface area contributed by atoms with Crippen LogP contribution in [-0.4, -0.2) is 30.5 Å². The summed E-state index contributed by atoms with van der Waals surface area (Å²) < 4.78 is 66.4. The predicted octanol–water partition coefficient (Wildman–Crippen LogP) is 2.99. The van der Waals surface area contributed by atoms with Crippen LogP contribution in [0.4, 0.5) is 13.2 Å². The normalized spacial score (nSPS) is 13.4. The minimum atomic E-state index is -4.76. The fraction of sp³-hybridized carbons (Fsp3) is 0.250. The summed E-state index contributed by atoms with van der Waals surface area (Å²) in [5.74, 6) is -1.46. The van der Waals surface area contributed by atoms with E-state index in [1.807, 2.05) is 4.72 Å². The van der Waals surface area contributed by atoms with Gasteiger partial charge in [-0.05, 0) is 65.8 Å². The van der Waals surface area contributed by atoms with Gasteiger partial charge in [-0.2, -0.15) is 17.9 Å². The van der Waals surface area contributed by atoms with Gasteiger partial charge in [-0.3, -0.25) is 4.79 Å². The summed E-state index contributed by atoms with van der Waals surface area (Å²) in [6.45, 7) is 1.22. The molecule has 0 saturated heterocycles. The van der Waals surface area contributed by atoms with E-state index in [9.17, 15) is 31.5 Å². The summed E-state index contributed by atoms with van der Waals surface area (Å²) in [4.78, 5) is 15.0. The average Bonchev–Trinajstić information content (AvgIpc) is 2.54. The van der Waals surface area contributed by atoms with Gasteiger partial charge in [0.05, 0.1) is 5.56 Å². The molecular weight excluding hydrogens is 500 g/mol. The standard InChI is InChI=1S/C16H14F3IN2O4S/c1-9-6-11(16(17,18)19)8-14(21-9)27(25,26)22-13(15(23)24)7-10-2-4-12(20)5-3-10/h2-6,8,13,22H,7H2,1H3,(H,23,24). The third-order valence-corrected chi connectivity index (χ3v) is 5.55. The van der Waals surface area contributed by atoms with Crippen LogP contribution in [0.1, 0.15) is 16.8 Å². The van der Waals surface area contributed by atoms with E-state index < -0.39 is 38.8 Å². The van der Waals surface area contributed by atoms with Gasteiger partial charge in [-0.25, -0.2) is 13.4 Å². The number of carboxylic acid groups (broad SMARTS) is 1. The van der Waals surface area contributed by atoms with E-state index in [2.05, 4.69) is 27.6 Å². The van der Waals surface area contributed by atoms with Crippen LogP contribution in [0.2, 0.25) is 0 Å². The molecule has 6 nitrogen and oxygen atoms in total. The first-order valence-corrected chi connectivity index (χ1v) is 10.00. The Morgan fingerprint density at radius 2 is 1.85 bits per heavy atom. The number of halogens is 4. The molecule has 1 atom stereocenters. The number of aryl methyl sites for hydroxylation is 1. The van der Waals surface area contributed by atoms with Gasteiger partial charge in [0.2, 0.25) is 0 Å². The Labute approximate surface area is 167 Å². The highest BCUT2D eigenvalue weighted by Gasteiger charge is 2.34. The van der Waals surface area contributed by atoms with Crippen LogP contribution in [0.15, 0.2) is 41.4 Å². The number of aliphatic carboxylic acids is 1. The van der Waals surface area contributed by atoms with Crippen LogP contribution in [0, 0.1) is 10.5 Å². The van der Waals surface area contributed by atoms with Crippen molar-refractivity contribution in [1.29, 1.82) is 0 Å². The molecule has 0 radical (unpaired) electrons. The second-order valence-corrected chi connectivity index (χ2v) is 8.58. The maximum Gasteiger partial charge on any atom is 0.416 e. The van der Waals surface area contributed by atoms with Crippen LogP contribution in [0.3, 0.4) is 0 Å². The molecule has 0 aliphatic heterocycles. The van der Waals surface area contributed by atoms with Crippen LogP contribution in [-0.2, 0) is 27.4 Å². The van der Waals surface area contributed by atoms with Gasteiger partial charge in [0.15, 0.2) is 5.03 Å². The lowest BCUT2D eigenvalue weighted by Gasteiger charge is -2.16. The molecule has 0 aliphatic carbocycles. The molecule has 146 valence electrons. The first-order chi connectivity index (χ1) is 12.4. The summed E-state index contributed by atoms with van der Waals surface area (Å²) >= 11 is 2.06. The fourth-order valence-corrected chi connectivity index (χ4v) is 3.81. The molecule has 2 rings (SSSR count). The maximum absolute atomic E-state index is 12.9. The van der Waals surface area contributed by atoms with Gasteiger partial charge < -0.3 is 5.11 Å². The molecule has 0 bridgehead atoms. The van der Waals surface area contributed by atoms with Crippen LogP contribution in [0.5, 0.6) is 0 Å². The average molecular weight is 514 g/mol. The molecule has 2 aromatic rings. The van der Waals surface area contributed by atoms with E-state index in [1.165, 1.54) is 6.92 Å². The van der Waals surface area contributed by atoms with Gasteiger partial charge in [0.1, 0.15) is 6.04 Å². The van der Waals surface area contributed by atoms with E-state index in [1.54, 1.807) is 24.3 Å². The van der Waals surface area contributed by atoms with E-state index in [-0.39, 0.29) is 12.1 Å². The molecule has 1 heterocycles. The number of nitrogens with zero attached hydrogens (tertiary/aromatic N) is 1. The number of sulfonamides is 1. The topological polar surface area (TPSA) is 96.4 Å². The number of hydrogen-bond acceptors (Lipinski definition) is 4. The number of nitrogens with one attached hydrogen (secondary N) is 1. The van der Waals surface area contributed by atoms with Gasteiger partial charge in [0, 0.05) is 9.26 Å². The van der Waals surface area contributed by atoms with Gasteiger partial charge in [-0.15, -0.1) is 0 Å². The molecule has 27 heavy (non-hydrogen) atoms. The number of alkyl halides is 3. The second kappa shape index (κ2) is 8.10. The molecule has 11 heteroatoms. The fourth-order valence-electron chi connectivity index (χ4n) is 2.22. The van der Waals surface area contributed by atoms with Crippen molar-refractivity contribution < 1.29 is 31.5 Å². The zero-order chi connectivity index (χ0) is 20.4.